The van der Waals surface area contributed by atoms with Gasteiger partial charge in [-0.15, -0.1) is 6.42 Å². The summed E-state index contributed by atoms with van der Waals surface area (Å²) >= 11 is 0. The van der Waals surface area contributed by atoms with Crippen molar-refractivity contribution >= 4 is 0 Å². The predicted molar refractivity (Wildman–Crippen MR) is 76.1 cm³/mol. The van der Waals surface area contributed by atoms with Gasteiger partial charge in [0.15, 0.2) is 0 Å². The van der Waals surface area contributed by atoms with Gasteiger partial charge < -0.3 is 5.73 Å². The Bertz CT molecular complexity index is 548. The minimum Gasteiger partial charge on any atom is -0.308 e. The summed E-state index contributed by atoms with van der Waals surface area (Å²) in [5.41, 5.74) is 8.72. The van der Waals surface area contributed by atoms with E-state index in [1.54, 1.807) is 0 Å². The number of rotatable bonds is 3. The number of hydrogen-bond acceptors (Lipinski definition) is 1. The third-order valence-corrected chi connectivity index (χ3v) is 3.27. The first-order valence-electron chi connectivity index (χ1n) is 6.12. The highest BCUT2D eigenvalue weighted by Gasteiger charge is 2.26. The Morgan fingerprint density at radius 2 is 1.56 bits per heavy atom. The van der Waals surface area contributed by atoms with Crippen molar-refractivity contribution in [2.24, 2.45) is 5.73 Å². The predicted octanol–water partition coefficient (Wildman–Crippen LogP) is 3.08. The number of aryl methyl sites for hydroxylation is 1. The smallest absolute Gasteiger partial charge is 0.128 e. The summed E-state index contributed by atoms with van der Waals surface area (Å²) in [4.78, 5) is 0. The van der Waals surface area contributed by atoms with E-state index in [0.717, 1.165) is 17.5 Å². The van der Waals surface area contributed by atoms with Crippen molar-refractivity contribution < 1.29 is 0 Å². The van der Waals surface area contributed by atoms with Gasteiger partial charge in [0.2, 0.25) is 0 Å². The van der Waals surface area contributed by atoms with E-state index in [-0.39, 0.29) is 0 Å². The van der Waals surface area contributed by atoms with Gasteiger partial charge in [-0.1, -0.05) is 67.4 Å². The van der Waals surface area contributed by atoms with Crippen molar-refractivity contribution in [3.63, 3.8) is 0 Å². The molecule has 0 aliphatic heterocycles. The van der Waals surface area contributed by atoms with Crippen LogP contribution >= 0.6 is 0 Å². The SMILES string of the molecule is C#CC(N)(c1ccccc1)c1ccc(CC)cc1. The molecule has 0 amide bonds. The van der Waals surface area contributed by atoms with Crippen molar-refractivity contribution in [2.45, 2.75) is 18.9 Å². The van der Waals surface area contributed by atoms with Crippen LogP contribution in [0.15, 0.2) is 54.6 Å². The lowest BCUT2D eigenvalue weighted by molar-refractivity contribution is 0.710. The van der Waals surface area contributed by atoms with Crippen LogP contribution in [-0.4, -0.2) is 0 Å². The molecule has 90 valence electrons. The number of terminal acetylenes is 1. The Kier molecular flexibility index (Phi) is 3.50. The fraction of sp³-hybridized carbons (Fsp3) is 0.176. The first kappa shape index (κ1) is 12.4. The zero-order chi connectivity index (χ0) is 13.0. The molecule has 0 aliphatic carbocycles. The van der Waals surface area contributed by atoms with Gasteiger partial charge in [0.05, 0.1) is 0 Å². The molecule has 0 saturated heterocycles. The number of hydrogen-bond donors (Lipinski definition) is 1. The topological polar surface area (TPSA) is 26.0 Å². The molecule has 1 nitrogen and oxygen atoms in total. The zero-order valence-electron chi connectivity index (χ0n) is 10.6. The van der Waals surface area contributed by atoms with E-state index in [9.17, 15) is 0 Å². The van der Waals surface area contributed by atoms with Gasteiger partial charge in [-0.25, -0.2) is 0 Å². The van der Waals surface area contributed by atoms with Crippen LogP contribution in [-0.2, 0) is 12.0 Å². The molecule has 18 heavy (non-hydrogen) atoms. The maximum absolute atomic E-state index is 6.40. The van der Waals surface area contributed by atoms with Crippen molar-refractivity contribution in [3.05, 3.63) is 71.3 Å². The second-order valence-electron chi connectivity index (χ2n) is 4.37. The number of nitrogens with two attached hydrogens (primary N) is 1. The highest BCUT2D eigenvalue weighted by molar-refractivity contribution is 5.46. The highest BCUT2D eigenvalue weighted by Crippen LogP contribution is 2.26. The molecule has 0 aromatic heterocycles. The molecule has 0 saturated carbocycles. The van der Waals surface area contributed by atoms with Crippen LogP contribution < -0.4 is 5.73 Å². The molecule has 1 unspecified atom stereocenters. The van der Waals surface area contributed by atoms with E-state index in [0.29, 0.717) is 0 Å². The van der Waals surface area contributed by atoms with Gasteiger partial charge in [0.25, 0.3) is 0 Å². The molecule has 1 heteroatoms. The Balaban J connectivity index is 2.47. The monoisotopic (exact) mass is 235 g/mol. The van der Waals surface area contributed by atoms with Crippen molar-refractivity contribution in [2.75, 3.05) is 0 Å². The Morgan fingerprint density at radius 3 is 2.06 bits per heavy atom. The van der Waals surface area contributed by atoms with Gasteiger partial charge in [0.1, 0.15) is 5.54 Å². The quantitative estimate of drug-likeness (QED) is 0.813. The van der Waals surface area contributed by atoms with E-state index >= 15 is 0 Å². The fourth-order valence-electron chi connectivity index (χ4n) is 2.04. The van der Waals surface area contributed by atoms with E-state index < -0.39 is 5.54 Å². The second kappa shape index (κ2) is 5.08. The van der Waals surface area contributed by atoms with Crippen LogP contribution in [0.3, 0.4) is 0 Å². The van der Waals surface area contributed by atoms with Crippen molar-refractivity contribution in [1.29, 1.82) is 0 Å². The summed E-state index contributed by atoms with van der Waals surface area (Å²) in [6.07, 6.45) is 6.68. The van der Waals surface area contributed by atoms with Crippen LogP contribution in [0.25, 0.3) is 0 Å². The average molecular weight is 235 g/mol. The molecule has 0 aliphatic rings. The van der Waals surface area contributed by atoms with Crippen LogP contribution in [0.4, 0.5) is 0 Å². The second-order valence-corrected chi connectivity index (χ2v) is 4.37. The van der Waals surface area contributed by atoms with E-state index in [4.69, 9.17) is 12.2 Å². The molecule has 0 fully saturated rings. The first-order chi connectivity index (χ1) is 8.70. The molecule has 0 spiro atoms. The van der Waals surface area contributed by atoms with Gasteiger partial charge in [-0.05, 0) is 23.1 Å². The van der Waals surface area contributed by atoms with Crippen LogP contribution in [0.1, 0.15) is 23.6 Å². The van der Waals surface area contributed by atoms with Gasteiger partial charge >= 0.3 is 0 Å². The summed E-state index contributed by atoms with van der Waals surface area (Å²) in [7, 11) is 0. The van der Waals surface area contributed by atoms with E-state index in [1.165, 1.54) is 5.56 Å². The van der Waals surface area contributed by atoms with Crippen LogP contribution in [0.2, 0.25) is 0 Å². The molecule has 2 N–H and O–H groups in total. The van der Waals surface area contributed by atoms with Crippen LogP contribution in [0, 0.1) is 12.3 Å². The fourth-order valence-corrected chi connectivity index (χ4v) is 2.04. The Labute approximate surface area is 109 Å². The molecule has 0 heterocycles. The van der Waals surface area contributed by atoms with Crippen molar-refractivity contribution in [1.82, 2.24) is 0 Å². The minimum absolute atomic E-state index is 0.854. The zero-order valence-corrected chi connectivity index (χ0v) is 10.6. The van der Waals surface area contributed by atoms with E-state index in [2.05, 4.69) is 25.0 Å². The molecule has 0 bridgehead atoms. The molecular weight excluding hydrogens is 218 g/mol. The summed E-state index contributed by atoms with van der Waals surface area (Å²) < 4.78 is 0. The van der Waals surface area contributed by atoms with Gasteiger partial charge in [0, 0.05) is 0 Å². The standard InChI is InChI=1S/C17H17N/c1-3-14-10-12-16(13-11-14)17(18,4-2)15-8-6-5-7-9-15/h2,5-13H,3,18H2,1H3. The molecular formula is C17H17N. The molecule has 2 aromatic carbocycles. The average Bonchev–Trinajstić information content (AvgIpc) is 2.47. The van der Waals surface area contributed by atoms with Gasteiger partial charge in [-0.2, -0.15) is 0 Å². The Morgan fingerprint density at radius 1 is 1.00 bits per heavy atom. The summed E-state index contributed by atoms with van der Waals surface area (Å²) in [5, 5.41) is 0. The summed E-state index contributed by atoms with van der Waals surface area (Å²) in [6, 6.07) is 18.0. The largest absolute Gasteiger partial charge is 0.308 e. The highest BCUT2D eigenvalue weighted by atomic mass is 14.7. The van der Waals surface area contributed by atoms with Gasteiger partial charge in [-0.3, -0.25) is 0 Å². The molecule has 0 radical (unpaired) electrons. The minimum atomic E-state index is -0.854. The molecule has 2 rings (SSSR count). The maximum atomic E-state index is 6.40. The lowest BCUT2D eigenvalue weighted by atomic mass is 9.84. The van der Waals surface area contributed by atoms with Crippen LogP contribution in [0.5, 0.6) is 0 Å². The van der Waals surface area contributed by atoms with E-state index in [1.807, 2.05) is 42.5 Å². The summed E-state index contributed by atoms with van der Waals surface area (Å²) in [5.74, 6) is 2.73. The third-order valence-electron chi connectivity index (χ3n) is 3.27. The first-order valence-corrected chi connectivity index (χ1v) is 6.12. The molecule has 2 aromatic rings. The number of benzene rings is 2. The maximum Gasteiger partial charge on any atom is 0.128 e. The lowest BCUT2D eigenvalue weighted by Crippen LogP contribution is -2.36. The lowest BCUT2D eigenvalue weighted by Gasteiger charge is -2.25. The summed E-state index contributed by atoms with van der Waals surface area (Å²) in [6.45, 7) is 2.13. The molecule has 1 atom stereocenters. The van der Waals surface area contributed by atoms with Crippen molar-refractivity contribution in [3.8, 4) is 12.3 Å². The Hall–Kier alpha value is -2.04. The third kappa shape index (κ3) is 2.16. The normalized spacial score (nSPS) is 13.6.